The summed E-state index contributed by atoms with van der Waals surface area (Å²) in [5.74, 6) is 1.61. The predicted octanol–water partition coefficient (Wildman–Crippen LogP) is 3.96. The minimum absolute atomic E-state index is 0.0257. The molecule has 0 saturated heterocycles. The third-order valence-corrected chi connectivity index (χ3v) is 3.94. The minimum Gasteiger partial charge on any atom is -0.497 e. The van der Waals surface area contributed by atoms with E-state index in [0.717, 1.165) is 29.3 Å². The lowest BCUT2D eigenvalue weighted by atomic mass is 9.85. The van der Waals surface area contributed by atoms with Crippen LogP contribution in [0.2, 0.25) is 0 Å². The second-order valence-electron chi connectivity index (χ2n) is 6.07. The Labute approximate surface area is 130 Å². The van der Waals surface area contributed by atoms with Gasteiger partial charge in [0.15, 0.2) is 0 Å². The topological polar surface area (TPSA) is 49.9 Å². The number of imidazole rings is 1. The van der Waals surface area contributed by atoms with Crippen molar-refractivity contribution >= 4 is 17.0 Å². The molecule has 0 fully saturated rings. The van der Waals surface area contributed by atoms with Crippen molar-refractivity contribution in [2.45, 2.75) is 19.3 Å². The maximum atomic E-state index is 5.24. The molecule has 4 heteroatoms. The Morgan fingerprint density at radius 1 is 1.14 bits per heavy atom. The van der Waals surface area contributed by atoms with Gasteiger partial charge in [0.2, 0.25) is 5.95 Å². The molecule has 0 amide bonds. The number of methoxy groups -OCH3 is 1. The van der Waals surface area contributed by atoms with Crippen LogP contribution in [0.1, 0.15) is 19.4 Å². The van der Waals surface area contributed by atoms with E-state index in [2.05, 4.69) is 53.4 Å². The van der Waals surface area contributed by atoms with Crippen LogP contribution in [0.4, 0.5) is 5.95 Å². The van der Waals surface area contributed by atoms with Gasteiger partial charge in [-0.15, -0.1) is 0 Å². The molecule has 0 spiro atoms. The molecule has 0 radical (unpaired) electrons. The highest BCUT2D eigenvalue weighted by Crippen LogP contribution is 2.24. The lowest BCUT2D eigenvalue weighted by Gasteiger charge is -2.25. The molecule has 114 valence electrons. The van der Waals surface area contributed by atoms with E-state index in [1.54, 1.807) is 7.11 Å². The van der Waals surface area contributed by atoms with Crippen molar-refractivity contribution < 1.29 is 4.74 Å². The van der Waals surface area contributed by atoms with Crippen LogP contribution < -0.4 is 10.1 Å². The van der Waals surface area contributed by atoms with Gasteiger partial charge < -0.3 is 15.0 Å². The molecule has 0 aliphatic rings. The molecular weight excluding hydrogens is 274 g/mol. The quantitative estimate of drug-likeness (QED) is 0.749. The van der Waals surface area contributed by atoms with Gasteiger partial charge in [-0.2, -0.15) is 0 Å². The van der Waals surface area contributed by atoms with E-state index in [9.17, 15) is 0 Å². The summed E-state index contributed by atoms with van der Waals surface area (Å²) in [6.07, 6.45) is 0. The molecule has 2 N–H and O–H groups in total. The van der Waals surface area contributed by atoms with Gasteiger partial charge in [-0.05, 0) is 17.7 Å². The average molecular weight is 295 g/mol. The Balaban J connectivity index is 1.76. The first-order chi connectivity index (χ1) is 10.6. The minimum atomic E-state index is 0.0257. The van der Waals surface area contributed by atoms with Crippen molar-refractivity contribution in [3.8, 4) is 5.75 Å². The summed E-state index contributed by atoms with van der Waals surface area (Å²) in [7, 11) is 1.67. The zero-order chi connectivity index (χ0) is 15.6. The summed E-state index contributed by atoms with van der Waals surface area (Å²) >= 11 is 0. The standard InChI is InChI=1S/C18H21N3O/c1-18(2,13-7-5-4-6-8-13)12-19-17-20-15-10-9-14(22-3)11-16(15)21-17/h4-11H,12H2,1-3H3,(H2,19,20,21). The highest BCUT2D eigenvalue weighted by atomic mass is 16.5. The second-order valence-corrected chi connectivity index (χ2v) is 6.07. The van der Waals surface area contributed by atoms with Crippen molar-refractivity contribution in [1.29, 1.82) is 0 Å². The largest absolute Gasteiger partial charge is 0.497 e. The fourth-order valence-corrected chi connectivity index (χ4v) is 2.50. The van der Waals surface area contributed by atoms with Crippen molar-refractivity contribution in [2.75, 3.05) is 19.0 Å². The van der Waals surface area contributed by atoms with Crippen molar-refractivity contribution in [1.82, 2.24) is 9.97 Å². The number of hydrogen-bond acceptors (Lipinski definition) is 3. The molecule has 0 bridgehead atoms. The molecule has 4 nitrogen and oxygen atoms in total. The first kappa shape index (κ1) is 14.4. The number of rotatable bonds is 5. The Kier molecular flexibility index (Phi) is 3.75. The van der Waals surface area contributed by atoms with Crippen LogP contribution in [0.25, 0.3) is 11.0 Å². The number of nitrogens with zero attached hydrogens (tertiary/aromatic N) is 1. The summed E-state index contributed by atoms with van der Waals surface area (Å²) < 4.78 is 5.24. The molecule has 3 rings (SSSR count). The van der Waals surface area contributed by atoms with Gasteiger partial charge in [-0.25, -0.2) is 4.98 Å². The normalized spacial score (nSPS) is 11.6. The molecule has 0 aliphatic carbocycles. The molecular formula is C18H21N3O. The molecule has 22 heavy (non-hydrogen) atoms. The van der Waals surface area contributed by atoms with Crippen LogP contribution in [0, 0.1) is 0 Å². The summed E-state index contributed by atoms with van der Waals surface area (Å²) in [6, 6.07) is 16.3. The van der Waals surface area contributed by atoms with Gasteiger partial charge in [0.25, 0.3) is 0 Å². The number of H-pyrrole nitrogens is 1. The van der Waals surface area contributed by atoms with E-state index < -0.39 is 0 Å². The van der Waals surface area contributed by atoms with Crippen LogP contribution in [0.15, 0.2) is 48.5 Å². The summed E-state index contributed by atoms with van der Waals surface area (Å²) in [6.45, 7) is 5.25. The van der Waals surface area contributed by atoms with Crippen LogP contribution in [-0.2, 0) is 5.41 Å². The smallest absolute Gasteiger partial charge is 0.201 e. The van der Waals surface area contributed by atoms with E-state index >= 15 is 0 Å². The van der Waals surface area contributed by atoms with Gasteiger partial charge in [0, 0.05) is 18.0 Å². The number of aromatic amines is 1. The van der Waals surface area contributed by atoms with Gasteiger partial charge >= 0.3 is 0 Å². The van der Waals surface area contributed by atoms with E-state index in [4.69, 9.17) is 4.74 Å². The molecule has 0 saturated carbocycles. The molecule has 1 heterocycles. The Morgan fingerprint density at radius 2 is 1.91 bits per heavy atom. The zero-order valence-electron chi connectivity index (χ0n) is 13.2. The fourth-order valence-electron chi connectivity index (χ4n) is 2.50. The zero-order valence-corrected chi connectivity index (χ0v) is 13.2. The molecule has 0 atom stereocenters. The number of benzene rings is 2. The maximum absolute atomic E-state index is 5.24. The average Bonchev–Trinajstić information content (AvgIpc) is 2.96. The highest BCUT2D eigenvalue weighted by Gasteiger charge is 2.20. The number of aromatic nitrogens is 2. The van der Waals surface area contributed by atoms with Crippen molar-refractivity contribution in [2.24, 2.45) is 0 Å². The van der Waals surface area contributed by atoms with Crippen molar-refractivity contribution in [3.63, 3.8) is 0 Å². The first-order valence-electron chi connectivity index (χ1n) is 7.42. The SMILES string of the molecule is COc1ccc2nc(NCC(C)(C)c3ccccc3)[nH]c2c1. The Bertz CT molecular complexity index is 762. The van der Waals surface area contributed by atoms with Crippen LogP contribution in [0.5, 0.6) is 5.75 Å². The number of nitrogens with one attached hydrogen (secondary N) is 2. The predicted molar refractivity (Wildman–Crippen MR) is 90.6 cm³/mol. The Morgan fingerprint density at radius 3 is 2.64 bits per heavy atom. The number of hydrogen-bond donors (Lipinski definition) is 2. The van der Waals surface area contributed by atoms with Crippen LogP contribution >= 0.6 is 0 Å². The fraction of sp³-hybridized carbons (Fsp3) is 0.278. The monoisotopic (exact) mass is 295 g/mol. The van der Waals surface area contributed by atoms with E-state index in [1.165, 1.54) is 5.56 Å². The number of ether oxygens (including phenoxy) is 1. The second kappa shape index (κ2) is 5.72. The lowest BCUT2D eigenvalue weighted by molar-refractivity contribution is 0.415. The number of anilines is 1. The van der Waals surface area contributed by atoms with Gasteiger partial charge in [-0.1, -0.05) is 44.2 Å². The third-order valence-electron chi connectivity index (χ3n) is 3.94. The Hall–Kier alpha value is -2.49. The lowest BCUT2D eigenvalue weighted by Crippen LogP contribution is -2.27. The summed E-state index contributed by atoms with van der Waals surface area (Å²) in [5, 5.41) is 3.40. The highest BCUT2D eigenvalue weighted by molar-refractivity contribution is 5.79. The van der Waals surface area contributed by atoms with E-state index in [-0.39, 0.29) is 5.41 Å². The van der Waals surface area contributed by atoms with Crippen LogP contribution in [-0.4, -0.2) is 23.6 Å². The van der Waals surface area contributed by atoms with Gasteiger partial charge in [0.1, 0.15) is 5.75 Å². The molecule has 3 aromatic rings. The van der Waals surface area contributed by atoms with E-state index in [1.807, 2.05) is 24.3 Å². The molecule has 0 unspecified atom stereocenters. The first-order valence-corrected chi connectivity index (χ1v) is 7.42. The maximum Gasteiger partial charge on any atom is 0.201 e. The van der Waals surface area contributed by atoms with Crippen LogP contribution in [0.3, 0.4) is 0 Å². The van der Waals surface area contributed by atoms with Crippen molar-refractivity contribution in [3.05, 3.63) is 54.1 Å². The summed E-state index contributed by atoms with van der Waals surface area (Å²) in [5.41, 5.74) is 3.23. The van der Waals surface area contributed by atoms with Gasteiger partial charge in [0.05, 0.1) is 18.1 Å². The molecule has 0 aliphatic heterocycles. The van der Waals surface area contributed by atoms with Gasteiger partial charge in [-0.3, -0.25) is 0 Å². The molecule has 1 aromatic heterocycles. The summed E-state index contributed by atoms with van der Waals surface area (Å²) in [4.78, 5) is 7.85. The number of fused-ring (bicyclic) bond motifs is 1. The molecule has 2 aromatic carbocycles. The van der Waals surface area contributed by atoms with E-state index in [0.29, 0.717) is 0 Å². The third kappa shape index (κ3) is 2.91.